The topological polar surface area (TPSA) is 93.5 Å². The van der Waals surface area contributed by atoms with Gasteiger partial charge in [-0.2, -0.15) is 5.10 Å². The monoisotopic (exact) mass is 345 g/mol. The lowest BCUT2D eigenvalue weighted by Crippen LogP contribution is -2.55. The minimum absolute atomic E-state index is 0.141. The molecule has 0 saturated carbocycles. The highest BCUT2D eigenvalue weighted by Gasteiger charge is 2.36. The molecule has 7 heteroatoms. The predicted molar refractivity (Wildman–Crippen MR) is 93.2 cm³/mol. The summed E-state index contributed by atoms with van der Waals surface area (Å²) in [4.78, 5) is 24.0. The van der Waals surface area contributed by atoms with Crippen molar-refractivity contribution in [3.05, 3.63) is 46.8 Å². The Kier molecular flexibility index (Phi) is 5.27. The fraction of sp³-hybridized carbons (Fsp3) is 0.389. The molecule has 2 N–H and O–H groups in total. The summed E-state index contributed by atoms with van der Waals surface area (Å²) < 4.78 is 6.61. The lowest BCUT2D eigenvalue weighted by molar-refractivity contribution is -0.145. The van der Waals surface area contributed by atoms with Crippen molar-refractivity contribution in [1.82, 2.24) is 15.1 Å². The van der Waals surface area contributed by atoms with Gasteiger partial charge in [0.2, 0.25) is 0 Å². The highest BCUT2D eigenvalue weighted by Crippen LogP contribution is 2.20. The normalized spacial score (nSPS) is 13.3. The predicted octanol–water partition coefficient (Wildman–Crippen LogP) is 2.02. The van der Waals surface area contributed by atoms with Gasteiger partial charge in [-0.15, -0.1) is 0 Å². The fourth-order valence-corrected chi connectivity index (χ4v) is 2.58. The van der Waals surface area contributed by atoms with Gasteiger partial charge in [0.25, 0.3) is 5.91 Å². The van der Waals surface area contributed by atoms with Crippen molar-refractivity contribution in [2.45, 2.75) is 33.2 Å². The van der Waals surface area contributed by atoms with Gasteiger partial charge in [-0.25, -0.2) is 9.48 Å². The number of methoxy groups -OCH3 is 1. The molecule has 1 aromatic carbocycles. The third kappa shape index (κ3) is 3.71. The number of amides is 1. The Labute approximate surface area is 146 Å². The quantitative estimate of drug-likeness (QED) is 0.835. The largest absolute Gasteiger partial charge is 0.479 e. The molecule has 1 atom stereocenters. The molecule has 0 saturated heterocycles. The Bertz CT molecular complexity index is 813. The molecular weight excluding hydrogens is 322 g/mol. The number of carboxylic acids is 1. The Morgan fingerprint density at radius 1 is 1.32 bits per heavy atom. The zero-order valence-corrected chi connectivity index (χ0v) is 15.1. The Morgan fingerprint density at radius 2 is 2.00 bits per heavy atom. The smallest absolute Gasteiger partial charge is 0.331 e. The maximum Gasteiger partial charge on any atom is 0.331 e. The molecule has 0 aliphatic heterocycles. The first kappa shape index (κ1) is 18.7. The van der Waals surface area contributed by atoms with Crippen LogP contribution in [0.2, 0.25) is 0 Å². The van der Waals surface area contributed by atoms with Gasteiger partial charge in [0.15, 0.2) is 5.54 Å². The van der Waals surface area contributed by atoms with Crippen LogP contribution in [0, 0.1) is 20.8 Å². The van der Waals surface area contributed by atoms with Crippen LogP contribution in [0.1, 0.15) is 34.1 Å². The number of aromatic nitrogens is 2. The van der Waals surface area contributed by atoms with E-state index >= 15 is 0 Å². The molecule has 25 heavy (non-hydrogen) atoms. The van der Waals surface area contributed by atoms with Crippen LogP contribution in [0.5, 0.6) is 0 Å². The second-order valence-electron chi connectivity index (χ2n) is 6.37. The molecule has 134 valence electrons. The number of nitrogens with one attached hydrogen (secondary N) is 1. The second kappa shape index (κ2) is 7.06. The molecule has 1 unspecified atom stereocenters. The van der Waals surface area contributed by atoms with Gasteiger partial charge in [-0.1, -0.05) is 12.1 Å². The molecule has 7 nitrogen and oxygen atoms in total. The van der Waals surface area contributed by atoms with Crippen LogP contribution in [-0.2, 0) is 9.53 Å². The van der Waals surface area contributed by atoms with E-state index in [-0.39, 0.29) is 6.61 Å². The third-order valence-electron chi connectivity index (χ3n) is 4.14. The number of carbonyl (C=O) groups is 2. The number of nitrogens with zero attached hydrogens (tertiary/aromatic N) is 2. The van der Waals surface area contributed by atoms with E-state index in [1.165, 1.54) is 20.2 Å². The molecule has 0 bridgehead atoms. The van der Waals surface area contributed by atoms with Gasteiger partial charge < -0.3 is 15.2 Å². The van der Waals surface area contributed by atoms with Gasteiger partial charge in [0.05, 0.1) is 29.7 Å². The van der Waals surface area contributed by atoms with E-state index in [1.54, 1.807) is 11.6 Å². The average molecular weight is 345 g/mol. The number of benzene rings is 1. The maximum absolute atomic E-state index is 12.6. The van der Waals surface area contributed by atoms with Crippen LogP contribution in [-0.4, -0.2) is 46.0 Å². The standard InChI is InChI=1S/C18H23N3O4/c1-11-6-7-12(2)15(8-11)21-13(3)14(9-19-21)16(22)20-18(4,10-25-5)17(23)24/h6-9H,10H2,1-5H3,(H,20,22)(H,23,24). The van der Waals surface area contributed by atoms with Crippen LogP contribution in [0.4, 0.5) is 0 Å². The van der Waals surface area contributed by atoms with Crippen molar-refractivity contribution in [3.8, 4) is 5.69 Å². The number of aryl methyl sites for hydroxylation is 2. The molecule has 0 aliphatic carbocycles. The number of hydrogen-bond donors (Lipinski definition) is 2. The van der Waals surface area contributed by atoms with Crippen molar-refractivity contribution in [2.24, 2.45) is 0 Å². The van der Waals surface area contributed by atoms with Gasteiger partial charge in [0, 0.05) is 7.11 Å². The molecule has 1 aromatic heterocycles. The molecule has 1 heterocycles. The Balaban J connectivity index is 2.36. The molecule has 0 radical (unpaired) electrons. The molecule has 2 aromatic rings. The van der Waals surface area contributed by atoms with Crippen LogP contribution < -0.4 is 5.32 Å². The summed E-state index contributed by atoms with van der Waals surface area (Å²) in [5.41, 5.74) is 2.44. The van der Waals surface area contributed by atoms with Crippen molar-refractivity contribution in [2.75, 3.05) is 13.7 Å². The van der Waals surface area contributed by atoms with Crippen molar-refractivity contribution < 1.29 is 19.4 Å². The zero-order chi connectivity index (χ0) is 18.8. The van der Waals surface area contributed by atoms with Crippen molar-refractivity contribution in [1.29, 1.82) is 0 Å². The summed E-state index contributed by atoms with van der Waals surface area (Å²) in [5.74, 6) is -1.67. The molecule has 2 rings (SSSR count). The SMILES string of the molecule is COCC(C)(NC(=O)c1cnn(-c2cc(C)ccc2C)c1C)C(=O)O. The van der Waals surface area contributed by atoms with Crippen molar-refractivity contribution >= 4 is 11.9 Å². The first-order valence-electron chi connectivity index (χ1n) is 7.86. The summed E-state index contributed by atoms with van der Waals surface area (Å²) in [6.45, 7) is 6.99. The van der Waals surface area contributed by atoms with E-state index in [9.17, 15) is 14.7 Å². The first-order chi connectivity index (χ1) is 11.7. The minimum Gasteiger partial charge on any atom is -0.479 e. The maximum atomic E-state index is 12.6. The van der Waals surface area contributed by atoms with Crippen LogP contribution >= 0.6 is 0 Å². The lowest BCUT2D eigenvalue weighted by atomic mass is 10.0. The summed E-state index contributed by atoms with van der Waals surface area (Å²) in [6.07, 6.45) is 1.45. The molecule has 0 fully saturated rings. The first-order valence-corrected chi connectivity index (χ1v) is 7.86. The van der Waals surface area contributed by atoms with E-state index in [4.69, 9.17) is 4.74 Å². The summed E-state index contributed by atoms with van der Waals surface area (Å²) in [7, 11) is 1.39. The van der Waals surface area contributed by atoms with Crippen LogP contribution in [0.3, 0.4) is 0 Å². The number of ether oxygens (including phenoxy) is 1. The van der Waals surface area contributed by atoms with Crippen LogP contribution in [0.15, 0.2) is 24.4 Å². The van der Waals surface area contributed by atoms with E-state index in [0.717, 1.165) is 16.8 Å². The average Bonchev–Trinajstić information content (AvgIpc) is 2.91. The van der Waals surface area contributed by atoms with Gasteiger partial charge >= 0.3 is 5.97 Å². The molecule has 0 spiro atoms. The number of rotatable bonds is 6. The minimum atomic E-state index is -1.51. The molecule has 0 aliphatic rings. The number of carbonyl (C=O) groups excluding carboxylic acids is 1. The van der Waals surface area contributed by atoms with E-state index < -0.39 is 17.4 Å². The number of hydrogen-bond acceptors (Lipinski definition) is 4. The van der Waals surface area contributed by atoms with Gasteiger partial charge in [0.1, 0.15) is 0 Å². The van der Waals surface area contributed by atoms with Gasteiger partial charge in [-0.05, 0) is 44.9 Å². The Morgan fingerprint density at radius 3 is 2.60 bits per heavy atom. The van der Waals surface area contributed by atoms with E-state index in [2.05, 4.69) is 10.4 Å². The second-order valence-corrected chi connectivity index (χ2v) is 6.37. The van der Waals surface area contributed by atoms with Crippen LogP contribution in [0.25, 0.3) is 5.69 Å². The summed E-state index contributed by atoms with van der Waals surface area (Å²) in [5, 5.41) is 16.2. The molecule has 1 amide bonds. The lowest BCUT2D eigenvalue weighted by Gasteiger charge is -2.25. The van der Waals surface area contributed by atoms with Crippen molar-refractivity contribution in [3.63, 3.8) is 0 Å². The summed E-state index contributed by atoms with van der Waals surface area (Å²) >= 11 is 0. The number of aliphatic carboxylic acids is 1. The zero-order valence-electron chi connectivity index (χ0n) is 15.1. The van der Waals surface area contributed by atoms with E-state index in [0.29, 0.717) is 11.3 Å². The fourth-order valence-electron chi connectivity index (χ4n) is 2.58. The highest BCUT2D eigenvalue weighted by atomic mass is 16.5. The number of carboxylic acid groups (broad SMARTS) is 1. The molecular formula is C18H23N3O4. The van der Waals surface area contributed by atoms with E-state index in [1.807, 2.05) is 32.0 Å². The third-order valence-corrected chi connectivity index (χ3v) is 4.14. The highest BCUT2D eigenvalue weighted by molar-refractivity contribution is 5.98. The van der Waals surface area contributed by atoms with Gasteiger partial charge in [-0.3, -0.25) is 4.79 Å². The summed E-state index contributed by atoms with van der Waals surface area (Å²) in [6, 6.07) is 5.99. The Hall–Kier alpha value is -2.67.